The maximum Gasteiger partial charge on any atom is 0.251 e. The minimum atomic E-state index is -0.177. The van der Waals surface area contributed by atoms with E-state index >= 15 is 0 Å². The number of thioether (sulfide) groups is 1. The molecule has 1 rings (SSSR count). The van der Waals surface area contributed by atoms with Crippen LogP contribution in [-0.2, 0) is 0 Å². The van der Waals surface area contributed by atoms with Gasteiger partial charge in [0.05, 0.1) is 12.6 Å². The van der Waals surface area contributed by atoms with Crippen LogP contribution in [-0.4, -0.2) is 35.7 Å². The Bertz CT molecular complexity index is 392. The number of carbonyl (C=O) groups excluding carboxylic acids is 1. The van der Waals surface area contributed by atoms with E-state index in [1.807, 2.05) is 25.3 Å². The molecule has 0 fully saturated rings. The van der Waals surface area contributed by atoms with Gasteiger partial charge in [0, 0.05) is 10.0 Å². The van der Waals surface area contributed by atoms with Gasteiger partial charge >= 0.3 is 0 Å². The Balaban J connectivity index is 2.68. The van der Waals surface area contributed by atoms with E-state index in [0.717, 1.165) is 22.2 Å². The molecule has 0 bridgehead atoms. The van der Waals surface area contributed by atoms with Gasteiger partial charge in [0.25, 0.3) is 5.91 Å². The van der Waals surface area contributed by atoms with E-state index in [9.17, 15) is 9.90 Å². The molecule has 0 saturated carbocycles. The number of carbonyl (C=O) groups is 1. The second kappa shape index (κ2) is 7.81. The average Bonchev–Trinajstić information content (AvgIpc) is 2.32. The van der Waals surface area contributed by atoms with Crippen molar-refractivity contribution in [3.63, 3.8) is 0 Å². The van der Waals surface area contributed by atoms with Crippen LogP contribution in [0.1, 0.15) is 22.3 Å². The lowest BCUT2D eigenvalue weighted by atomic mass is 10.1. The second-order valence-electron chi connectivity index (χ2n) is 4.15. The number of rotatable bonds is 6. The van der Waals surface area contributed by atoms with Crippen LogP contribution in [0.3, 0.4) is 0 Å². The number of halogens is 1. The number of hydrogen-bond donors (Lipinski definition) is 2. The van der Waals surface area contributed by atoms with E-state index < -0.39 is 0 Å². The number of amides is 1. The van der Waals surface area contributed by atoms with Gasteiger partial charge in [-0.1, -0.05) is 15.9 Å². The van der Waals surface area contributed by atoms with Gasteiger partial charge in [-0.25, -0.2) is 0 Å². The summed E-state index contributed by atoms with van der Waals surface area (Å²) in [6, 6.07) is 5.40. The molecule has 3 nitrogen and oxygen atoms in total. The van der Waals surface area contributed by atoms with Gasteiger partial charge in [-0.05, 0) is 49.1 Å². The highest BCUT2D eigenvalue weighted by Crippen LogP contribution is 2.15. The van der Waals surface area contributed by atoms with Gasteiger partial charge in [0.2, 0.25) is 0 Å². The third-order valence-electron chi connectivity index (χ3n) is 2.53. The minimum absolute atomic E-state index is 0.0285. The van der Waals surface area contributed by atoms with Gasteiger partial charge in [-0.3, -0.25) is 4.79 Å². The predicted octanol–water partition coefficient (Wildman–Crippen LogP) is 2.60. The van der Waals surface area contributed by atoms with Crippen molar-refractivity contribution in [1.29, 1.82) is 0 Å². The van der Waals surface area contributed by atoms with Crippen LogP contribution in [0.4, 0.5) is 0 Å². The van der Waals surface area contributed by atoms with E-state index in [-0.39, 0.29) is 18.6 Å². The van der Waals surface area contributed by atoms with Gasteiger partial charge in [-0.2, -0.15) is 11.8 Å². The van der Waals surface area contributed by atoms with E-state index in [1.165, 1.54) is 0 Å². The Hall–Kier alpha value is -0.520. The highest BCUT2D eigenvalue weighted by atomic mass is 79.9. The van der Waals surface area contributed by atoms with Crippen molar-refractivity contribution in [2.75, 3.05) is 18.6 Å². The summed E-state index contributed by atoms with van der Waals surface area (Å²) in [6.45, 7) is 1.91. The minimum Gasteiger partial charge on any atom is -0.394 e. The Labute approximate surface area is 120 Å². The van der Waals surface area contributed by atoms with Gasteiger partial charge in [-0.15, -0.1) is 0 Å². The van der Waals surface area contributed by atoms with Crippen molar-refractivity contribution in [2.24, 2.45) is 0 Å². The smallest absolute Gasteiger partial charge is 0.251 e. The van der Waals surface area contributed by atoms with Crippen LogP contribution in [0.25, 0.3) is 0 Å². The Morgan fingerprint density at radius 2 is 2.22 bits per heavy atom. The summed E-state index contributed by atoms with van der Waals surface area (Å²) in [7, 11) is 0. The van der Waals surface area contributed by atoms with Crippen molar-refractivity contribution < 1.29 is 9.90 Å². The molecule has 0 aliphatic carbocycles. The zero-order valence-electron chi connectivity index (χ0n) is 10.6. The van der Waals surface area contributed by atoms with Crippen LogP contribution >= 0.6 is 27.7 Å². The predicted molar refractivity (Wildman–Crippen MR) is 80.2 cm³/mol. The number of aryl methyl sites for hydroxylation is 1. The third kappa shape index (κ3) is 5.00. The first-order valence-electron chi connectivity index (χ1n) is 5.74. The zero-order valence-corrected chi connectivity index (χ0v) is 13.0. The summed E-state index contributed by atoms with van der Waals surface area (Å²) in [5.41, 5.74) is 1.64. The molecule has 100 valence electrons. The van der Waals surface area contributed by atoms with E-state index in [2.05, 4.69) is 21.2 Å². The maximum atomic E-state index is 12.0. The topological polar surface area (TPSA) is 49.3 Å². The Morgan fingerprint density at radius 1 is 1.50 bits per heavy atom. The molecular weight excluding hydrogens is 314 g/mol. The molecule has 2 N–H and O–H groups in total. The summed E-state index contributed by atoms with van der Waals surface area (Å²) in [5.74, 6) is 0.780. The van der Waals surface area contributed by atoms with Crippen molar-refractivity contribution in [2.45, 2.75) is 19.4 Å². The molecule has 5 heteroatoms. The largest absolute Gasteiger partial charge is 0.394 e. The lowest BCUT2D eigenvalue weighted by Gasteiger charge is -2.16. The third-order valence-corrected chi connectivity index (χ3v) is 3.63. The molecule has 0 aromatic heterocycles. The van der Waals surface area contributed by atoms with Crippen molar-refractivity contribution in [3.8, 4) is 0 Å². The van der Waals surface area contributed by atoms with E-state index in [1.54, 1.807) is 17.8 Å². The van der Waals surface area contributed by atoms with Crippen molar-refractivity contribution >= 4 is 33.6 Å². The summed E-state index contributed by atoms with van der Waals surface area (Å²) in [4.78, 5) is 12.0. The first-order valence-corrected chi connectivity index (χ1v) is 7.93. The molecule has 18 heavy (non-hydrogen) atoms. The lowest BCUT2D eigenvalue weighted by Crippen LogP contribution is -2.37. The van der Waals surface area contributed by atoms with Gasteiger partial charge in [0.1, 0.15) is 0 Å². The van der Waals surface area contributed by atoms with E-state index in [0.29, 0.717) is 5.56 Å². The summed E-state index contributed by atoms with van der Waals surface area (Å²) in [6.07, 6.45) is 2.78. The fraction of sp³-hybridized carbons (Fsp3) is 0.462. The summed E-state index contributed by atoms with van der Waals surface area (Å²) >= 11 is 5.08. The normalized spacial score (nSPS) is 12.2. The molecule has 1 aromatic carbocycles. The van der Waals surface area contributed by atoms with Crippen LogP contribution < -0.4 is 5.32 Å². The van der Waals surface area contributed by atoms with Crippen LogP contribution in [0.2, 0.25) is 0 Å². The van der Waals surface area contributed by atoms with Gasteiger partial charge in [0.15, 0.2) is 0 Å². The number of nitrogens with one attached hydrogen (secondary N) is 1. The Kier molecular flexibility index (Phi) is 6.75. The fourth-order valence-corrected chi connectivity index (χ4v) is 2.73. The quantitative estimate of drug-likeness (QED) is 0.842. The number of aliphatic hydroxyl groups is 1. The Morgan fingerprint density at radius 3 is 2.78 bits per heavy atom. The molecule has 1 aromatic rings. The molecule has 0 radical (unpaired) electrons. The standard InChI is InChI=1S/C13H18BrNO2S/c1-9-5-10(7-11(14)6-9)13(17)15-12(8-16)3-4-18-2/h5-7,12,16H,3-4,8H2,1-2H3,(H,15,17)/t12-/m1/s1. The molecule has 0 saturated heterocycles. The summed E-state index contributed by atoms with van der Waals surface area (Å²) < 4.78 is 0.886. The first kappa shape index (κ1) is 15.5. The number of aliphatic hydroxyl groups excluding tert-OH is 1. The van der Waals surface area contributed by atoms with Crippen molar-refractivity contribution in [3.05, 3.63) is 33.8 Å². The molecule has 1 amide bonds. The molecule has 0 unspecified atom stereocenters. The maximum absolute atomic E-state index is 12.0. The van der Waals surface area contributed by atoms with Gasteiger partial charge < -0.3 is 10.4 Å². The van der Waals surface area contributed by atoms with Crippen LogP contribution in [0, 0.1) is 6.92 Å². The molecule has 1 atom stereocenters. The zero-order chi connectivity index (χ0) is 13.5. The van der Waals surface area contributed by atoms with Crippen LogP contribution in [0.15, 0.2) is 22.7 Å². The fourth-order valence-electron chi connectivity index (χ4n) is 1.61. The molecular formula is C13H18BrNO2S. The molecule has 0 aliphatic heterocycles. The first-order chi connectivity index (χ1) is 8.56. The highest BCUT2D eigenvalue weighted by molar-refractivity contribution is 9.10. The molecule has 0 heterocycles. The van der Waals surface area contributed by atoms with Crippen molar-refractivity contribution in [1.82, 2.24) is 5.32 Å². The second-order valence-corrected chi connectivity index (χ2v) is 6.05. The number of hydrogen-bond acceptors (Lipinski definition) is 3. The van der Waals surface area contributed by atoms with Crippen LogP contribution in [0.5, 0.6) is 0 Å². The average molecular weight is 332 g/mol. The summed E-state index contributed by atoms with van der Waals surface area (Å²) in [5, 5.41) is 12.1. The van der Waals surface area contributed by atoms with E-state index in [4.69, 9.17) is 0 Å². The molecule has 0 spiro atoms. The number of benzene rings is 1. The monoisotopic (exact) mass is 331 g/mol. The lowest BCUT2D eigenvalue weighted by molar-refractivity contribution is 0.0915. The SMILES string of the molecule is CSCC[C@H](CO)NC(=O)c1cc(C)cc(Br)c1. The highest BCUT2D eigenvalue weighted by Gasteiger charge is 2.13. The molecule has 0 aliphatic rings.